The molecule has 0 heterocycles. The molecule has 2 rings (SSSR count). The first-order chi connectivity index (χ1) is 14.7. The smallest absolute Gasteiger partial charge is 0.328 e. The Kier molecular flexibility index (Phi) is 9.89. The molecule has 0 aromatic heterocycles. The highest BCUT2D eigenvalue weighted by Gasteiger charge is 2.39. The summed E-state index contributed by atoms with van der Waals surface area (Å²) < 4.78 is 19.9. The molecule has 2 aromatic rings. The van der Waals surface area contributed by atoms with E-state index in [0.717, 1.165) is 0 Å². The maximum atomic E-state index is 14.5. The second-order valence-electron chi connectivity index (χ2n) is 6.76. The molecule has 2 aromatic carbocycles. The van der Waals surface area contributed by atoms with Gasteiger partial charge in [-0.05, 0) is 39.2 Å². The van der Waals surface area contributed by atoms with Crippen molar-refractivity contribution in [2.24, 2.45) is 0 Å². The van der Waals surface area contributed by atoms with Crippen LogP contribution in [0.15, 0.2) is 60.7 Å². The standard InChI is InChI=1S/C19H21FN2O.C4H4O4/c1-22(2)13-12-19(14-21,15-8-4-6-10-17(15)20)16-9-5-7-11-18(16)23-3;5-3(6)1-2-4(7)8/h4-11H,12-13H2,1-3H3;1-2H,(H,5,6)(H,7,8)/b;2-1+. The molecule has 0 aliphatic carbocycles. The average Bonchev–Trinajstić information content (AvgIpc) is 2.74. The lowest BCUT2D eigenvalue weighted by atomic mass is 9.72. The largest absolute Gasteiger partial charge is 0.496 e. The van der Waals surface area contributed by atoms with Crippen LogP contribution in [0.2, 0.25) is 0 Å². The maximum absolute atomic E-state index is 14.5. The van der Waals surface area contributed by atoms with Crippen LogP contribution in [0.3, 0.4) is 0 Å². The van der Waals surface area contributed by atoms with Gasteiger partial charge >= 0.3 is 11.9 Å². The number of carboxylic acid groups (broad SMARTS) is 2. The van der Waals surface area contributed by atoms with Gasteiger partial charge in [0.15, 0.2) is 0 Å². The minimum absolute atomic E-state index is 0.376. The lowest BCUT2D eigenvalue weighted by Crippen LogP contribution is -2.32. The number of benzene rings is 2. The summed E-state index contributed by atoms with van der Waals surface area (Å²) in [6.07, 6.45) is 1.59. The van der Waals surface area contributed by atoms with Gasteiger partial charge in [-0.3, -0.25) is 0 Å². The van der Waals surface area contributed by atoms with Crippen LogP contribution in [-0.4, -0.2) is 54.8 Å². The molecule has 1 atom stereocenters. The molecule has 0 bridgehead atoms. The quantitative estimate of drug-likeness (QED) is 0.621. The van der Waals surface area contributed by atoms with Gasteiger partial charge in [0, 0.05) is 23.3 Å². The lowest BCUT2D eigenvalue weighted by Gasteiger charge is -2.30. The van der Waals surface area contributed by atoms with Crippen molar-refractivity contribution in [2.75, 3.05) is 27.7 Å². The first-order valence-corrected chi connectivity index (χ1v) is 9.26. The second kappa shape index (κ2) is 12.1. The van der Waals surface area contributed by atoms with Crippen molar-refractivity contribution in [3.8, 4) is 11.8 Å². The van der Waals surface area contributed by atoms with Crippen molar-refractivity contribution >= 4 is 11.9 Å². The lowest BCUT2D eigenvalue weighted by molar-refractivity contribution is -0.134. The number of nitriles is 1. The van der Waals surface area contributed by atoms with E-state index in [1.54, 1.807) is 31.4 Å². The van der Waals surface area contributed by atoms with Crippen LogP contribution in [0, 0.1) is 17.1 Å². The van der Waals surface area contributed by atoms with Gasteiger partial charge in [-0.2, -0.15) is 5.26 Å². The van der Waals surface area contributed by atoms with Crippen molar-refractivity contribution < 1.29 is 28.9 Å². The highest BCUT2D eigenvalue weighted by molar-refractivity contribution is 5.89. The van der Waals surface area contributed by atoms with E-state index < -0.39 is 17.4 Å². The number of aliphatic carboxylic acids is 2. The van der Waals surface area contributed by atoms with Crippen LogP contribution in [0.5, 0.6) is 5.75 Å². The second-order valence-corrected chi connectivity index (χ2v) is 6.76. The van der Waals surface area contributed by atoms with Crippen molar-refractivity contribution in [1.82, 2.24) is 4.90 Å². The summed E-state index contributed by atoms with van der Waals surface area (Å²) in [5, 5.41) is 25.7. The third-order valence-corrected chi connectivity index (χ3v) is 4.39. The van der Waals surface area contributed by atoms with Crippen molar-refractivity contribution in [3.63, 3.8) is 0 Å². The number of hydrogen-bond donors (Lipinski definition) is 2. The number of halogens is 1. The number of ether oxygens (including phenoxy) is 1. The molecule has 31 heavy (non-hydrogen) atoms. The molecule has 0 amide bonds. The predicted octanol–water partition coefficient (Wildman–Crippen LogP) is 3.31. The number of nitrogens with zero attached hydrogens (tertiary/aromatic N) is 2. The molecule has 7 nitrogen and oxygen atoms in total. The first-order valence-electron chi connectivity index (χ1n) is 9.26. The van der Waals surface area contributed by atoms with Crippen LogP contribution in [-0.2, 0) is 15.0 Å². The molecule has 0 saturated carbocycles. The number of carboxylic acids is 2. The maximum Gasteiger partial charge on any atom is 0.328 e. The van der Waals surface area contributed by atoms with Gasteiger partial charge in [0.1, 0.15) is 17.0 Å². The molecule has 164 valence electrons. The summed E-state index contributed by atoms with van der Waals surface area (Å²) in [5.41, 5.74) is -0.0202. The zero-order chi connectivity index (χ0) is 23.4. The number of para-hydroxylation sites is 1. The van der Waals surface area contributed by atoms with Gasteiger partial charge in [0.25, 0.3) is 0 Å². The molecule has 0 aliphatic rings. The number of rotatable bonds is 8. The summed E-state index contributed by atoms with van der Waals surface area (Å²) >= 11 is 0. The minimum Gasteiger partial charge on any atom is -0.496 e. The Labute approximate surface area is 180 Å². The van der Waals surface area contributed by atoms with E-state index in [2.05, 4.69) is 6.07 Å². The topological polar surface area (TPSA) is 111 Å². The third-order valence-electron chi connectivity index (χ3n) is 4.39. The Balaban J connectivity index is 0.000000512. The van der Waals surface area contributed by atoms with Gasteiger partial charge in [0.05, 0.1) is 13.2 Å². The highest BCUT2D eigenvalue weighted by Crippen LogP contribution is 2.41. The van der Waals surface area contributed by atoms with Crippen LogP contribution >= 0.6 is 0 Å². The van der Waals surface area contributed by atoms with Crippen LogP contribution in [0.25, 0.3) is 0 Å². The Bertz CT molecular complexity index is 952. The van der Waals surface area contributed by atoms with Crippen LogP contribution < -0.4 is 4.74 Å². The van der Waals surface area contributed by atoms with E-state index >= 15 is 0 Å². The van der Waals surface area contributed by atoms with Crippen molar-refractivity contribution in [1.29, 1.82) is 5.26 Å². The van der Waals surface area contributed by atoms with Gasteiger partial charge in [-0.25, -0.2) is 14.0 Å². The fraction of sp³-hybridized carbons (Fsp3) is 0.261. The van der Waals surface area contributed by atoms with E-state index in [9.17, 15) is 19.2 Å². The Morgan fingerprint density at radius 3 is 2.03 bits per heavy atom. The Morgan fingerprint density at radius 2 is 1.58 bits per heavy atom. The van der Waals surface area contributed by atoms with E-state index in [1.807, 2.05) is 37.2 Å². The number of methoxy groups -OCH3 is 1. The van der Waals surface area contributed by atoms with Gasteiger partial charge in [-0.15, -0.1) is 0 Å². The molecule has 0 radical (unpaired) electrons. The summed E-state index contributed by atoms with van der Waals surface area (Å²) in [6.45, 7) is 0.653. The zero-order valence-electron chi connectivity index (χ0n) is 17.6. The molecule has 0 aliphatic heterocycles. The van der Waals surface area contributed by atoms with E-state index in [0.29, 0.717) is 42.0 Å². The summed E-state index contributed by atoms with van der Waals surface area (Å²) in [5.74, 6) is -2.30. The number of hydrogen-bond acceptors (Lipinski definition) is 5. The van der Waals surface area contributed by atoms with Crippen LogP contribution in [0.1, 0.15) is 17.5 Å². The molecule has 0 saturated heterocycles. The molecule has 0 spiro atoms. The molecule has 8 heteroatoms. The predicted molar refractivity (Wildman–Crippen MR) is 113 cm³/mol. The van der Waals surface area contributed by atoms with Crippen LogP contribution in [0.4, 0.5) is 4.39 Å². The third kappa shape index (κ3) is 7.24. The summed E-state index contributed by atoms with van der Waals surface area (Å²) in [4.78, 5) is 21.1. The highest BCUT2D eigenvalue weighted by atomic mass is 19.1. The molecule has 0 fully saturated rings. The SMILES string of the molecule is COc1ccccc1C(C#N)(CCN(C)C)c1ccccc1F.O=C(O)/C=C/C(=O)O. The molecule has 1 unspecified atom stereocenters. The summed E-state index contributed by atoms with van der Waals surface area (Å²) in [7, 11) is 5.44. The molecular formula is C23H25FN2O5. The molecule has 2 N–H and O–H groups in total. The average molecular weight is 428 g/mol. The summed E-state index contributed by atoms with van der Waals surface area (Å²) in [6, 6.07) is 16.2. The normalized spacial score (nSPS) is 12.4. The monoisotopic (exact) mass is 428 g/mol. The van der Waals surface area contributed by atoms with Gasteiger partial charge < -0.3 is 19.8 Å². The van der Waals surface area contributed by atoms with Gasteiger partial charge in [-0.1, -0.05) is 36.4 Å². The fourth-order valence-electron chi connectivity index (χ4n) is 2.93. The van der Waals surface area contributed by atoms with E-state index in [-0.39, 0.29) is 5.82 Å². The Morgan fingerprint density at radius 1 is 1.06 bits per heavy atom. The van der Waals surface area contributed by atoms with E-state index in [4.69, 9.17) is 14.9 Å². The van der Waals surface area contributed by atoms with Gasteiger partial charge in [0.2, 0.25) is 0 Å². The van der Waals surface area contributed by atoms with E-state index in [1.165, 1.54) is 6.07 Å². The zero-order valence-corrected chi connectivity index (χ0v) is 17.6. The number of carbonyl (C=O) groups is 2. The minimum atomic E-state index is -1.26. The van der Waals surface area contributed by atoms with Crippen molar-refractivity contribution in [3.05, 3.63) is 77.6 Å². The fourth-order valence-corrected chi connectivity index (χ4v) is 2.93. The van der Waals surface area contributed by atoms with Crippen molar-refractivity contribution in [2.45, 2.75) is 11.8 Å². The molecular weight excluding hydrogens is 403 g/mol. The Hall–Kier alpha value is -3.70. The first kappa shape index (κ1) is 25.3.